The van der Waals surface area contributed by atoms with Gasteiger partial charge in [-0.05, 0) is 35.8 Å². The Bertz CT molecular complexity index is 532. The van der Waals surface area contributed by atoms with E-state index in [0.29, 0.717) is 0 Å². The number of carboxylic acids is 1. The summed E-state index contributed by atoms with van der Waals surface area (Å²) in [6, 6.07) is 0. The van der Waals surface area contributed by atoms with Crippen LogP contribution in [0.2, 0.25) is 0 Å². The minimum Gasteiger partial charge on any atom is -0.475 e. The number of carboxylic acid groups (broad SMARTS) is 1. The molecule has 3 aliphatic rings. The highest BCUT2D eigenvalue weighted by atomic mass is 16.5. The van der Waals surface area contributed by atoms with Gasteiger partial charge in [-0.2, -0.15) is 0 Å². The molecule has 17 heavy (non-hydrogen) atoms. The van der Waals surface area contributed by atoms with E-state index in [4.69, 9.17) is 14.6 Å². The average molecular weight is 230 g/mol. The van der Waals surface area contributed by atoms with E-state index < -0.39 is 5.97 Å². The number of allylic oxidation sites excluding steroid dienone is 4. The molecule has 4 heteroatoms. The lowest BCUT2D eigenvalue weighted by atomic mass is 9.93. The number of carbonyl (C=O) groups is 1. The van der Waals surface area contributed by atoms with E-state index in [1.54, 1.807) is 18.4 Å². The van der Waals surface area contributed by atoms with E-state index in [0.717, 1.165) is 23.3 Å². The van der Waals surface area contributed by atoms with Crippen molar-refractivity contribution in [3.63, 3.8) is 0 Å². The summed E-state index contributed by atoms with van der Waals surface area (Å²) in [4.78, 5) is 10.8. The SMILES string of the molecule is O=C(O)C1=CC=C2C=C3CC=COC3=CC2O1. The Kier molecular flexibility index (Phi) is 2.14. The van der Waals surface area contributed by atoms with Gasteiger partial charge < -0.3 is 14.6 Å². The van der Waals surface area contributed by atoms with Crippen molar-refractivity contribution in [2.45, 2.75) is 12.5 Å². The van der Waals surface area contributed by atoms with Crippen LogP contribution in [0.4, 0.5) is 0 Å². The summed E-state index contributed by atoms with van der Waals surface area (Å²) in [6.45, 7) is 0. The highest BCUT2D eigenvalue weighted by Gasteiger charge is 2.27. The third kappa shape index (κ3) is 1.67. The van der Waals surface area contributed by atoms with Gasteiger partial charge in [0.2, 0.25) is 5.76 Å². The second-order valence-corrected chi connectivity index (χ2v) is 3.94. The topological polar surface area (TPSA) is 55.8 Å². The van der Waals surface area contributed by atoms with Gasteiger partial charge in [-0.3, -0.25) is 0 Å². The number of hydrogen-bond acceptors (Lipinski definition) is 3. The maximum absolute atomic E-state index is 10.8. The molecule has 0 saturated carbocycles. The van der Waals surface area contributed by atoms with Crippen molar-refractivity contribution in [2.24, 2.45) is 0 Å². The summed E-state index contributed by atoms with van der Waals surface area (Å²) in [5, 5.41) is 8.86. The van der Waals surface area contributed by atoms with Gasteiger partial charge >= 0.3 is 5.97 Å². The second kappa shape index (κ2) is 3.66. The third-order valence-electron chi connectivity index (χ3n) is 2.81. The van der Waals surface area contributed by atoms with Gasteiger partial charge in [0, 0.05) is 6.08 Å². The molecule has 86 valence electrons. The first-order chi connectivity index (χ1) is 8.24. The van der Waals surface area contributed by atoms with E-state index in [2.05, 4.69) is 0 Å². The Labute approximate surface area is 97.8 Å². The second-order valence-electron chi connectivity index (χ2n) is 3.94. The average Bonchev–Trinajstić information content (AvgIpc) is 2.35. The molecule has 0 fully saturated rings. The van der Waals surface area contributed by atoms with Crippen LogP contribution in [0.3, 0.4) is 0 Å². The molecule has 1 atom stereocenters. The van der Waals surface area contributed by atoms with Crippen LogP contribution in [0.1, 0.15) is 6.42 Å². The molecule has 0 radical (unpaired) electrons. The molecular formula is C13H10O4. The molecule has 1 N–H and O–H groups in total. The fourth-order valence-electron chi connectivity index (χ4n) is 1.98. The predicted octanol–water partition coefficient (Wildman–Crippen LogP) is 2.04. The summed E-state index contributed by atoms with van der Waals surface area (Å²) in [6.07, 6.45) is 11.1. The van der Waals surface area contributed by atoms with Crippen molar-refractivity contribution < 1.29 is 19.4 Å². The summed E-state index contributed by atoms with van der Waals surface area (Å²) >= 11 is 0. The number of hydrogen-bond donors (Lipinski definition) is 1. The number of ether oxygens (including phenoxy) is 2. The maximum Gasteiger partial charge on any atom is 0.371 e. The zero-order valence-corrected chi connectivity index (χ0v) is 8.92. The maximum atomic E-state index is 10.8. The minimum atomic E-state index is -1.06. The molecule has 1 aliphatic carbocycles. The molecule has 0 bridgehead atoms. The van der Waals surface area contributed by atoms with Crippen molar-refractivity contribution >= 4 is 5.97 Å². The largest absolute Gasteiger partial charge is 0.475 e. The number of rotatable bonds is 1. The van der Waals surface area contributed by atoms with Gasteiger partial charge in [-0.25, -0.2) is 4.79 Å². The van der Waals surface area contributed by atoms with E-state index in [9.17, 15) is 4.79 Å². The summed E-state index contributed by atoms with van der Waals surface area (Å²) < 4.78 is 10.7. The molecule has 0 saturated heterocycles. The van der Waals surface area contributed by atoms with Crippen LogP contribution >= 0.6 is 0 Å². The van der Waals surface area contributed by atoms with Crippen molar-refractivity contribution in [2.75, 3.05) is 0 Å². The Morgan fingerprint density at radius 3 is 3.12 bits per heavy atom. The van der Waals surface area contributed by atoms with Crippen LogP contribution < -0.4 is 0 Å². The number of fused-ring (bicyclic) bond motifs is 2. The fraction of sp³-hybridized carbons (Fsp3) is 0.154. The molecule has 1 unspecified atom stereocenters. The van der Waals surface area contributed by atoms with Gasteiger partial charge in [0.05, 0.1) is 6.26 Å². The van der Waals surface area contributed by atoms with E-state index in [1.807, 2.05) is 12.2 Å². The van der Waals surface area contributed by atoms with Crippen molar-refractivity contribution in [3.05, 3.63) is 59.3 Å². The molecule has 0 aromatic heterocycles. The van der Waals surface area contributed by atoms with E-state index in [-0.39, 0.29) is 11.9 Å². The monoisotopic (exact) mass is 230 g/mol. The molecule has 2 aliphatic heterocycles. The highest BCUT2D eigenvalue weighted by Crippen LogP contribution is 2.33. The lowest BCUT2D eigenvalue weighted by Crippen LogP contribution is -2.23. The lowest BCUT2D eigenvalue weighted by molar-refractivity contribution is -0.137. The third-order valence-corrected chi connectivity index (χ3v) is 2.81. The van der Waals surface area contributed by atoms with Gasteiger partial charge in [-0.1, -0.05) is 6.08 Å². The van der Waals surface area contributed by atoms with E-state index in [1.165, 1.54) is 6.08 Å². The van der Waals surface area contributed by atoms with Crippen LogP contribution in [0, 0.1) is 0 Å². The molecule has 0 aromatic rings. The fourth-order valence-corrected chi connectivity index (χ4v) is 1.98. The molecule has 0 spiro atoms. The summed E-state index contributed by atoms with van der Waals surface area (Å²) in [5.41, 5.74) is 2.04. The first-order valence-corrected chi connectivity index (χ1v) is 5.30. The van der Waals surface area contributed by atoms with Crippen molar-refractivity contribution in [3.8, 4) is 0 Å². The smallest absolute Gasteiger partial charge is 0.371 e. The van der Waals surface area contributed by atoms with Gasteiger partial charge in [-0.15, -0.1) is 0 Å². The Hall–Kier alpha value is -2.23. The Balaban J connectivity index is 1.97. The zero-order valence-electron chi connectivity index (χ0n) is 8.92. The Morgan fingerprint density at radius 1 is 1.41 bits per heavy atom. The molecule has 3 rings (SSSR count). The van der Waals surface area contributed by atoms with Gasteiger partial charge in [0.25, 0.3) is 0 Å². The minimum absolute atomic E-state index is 0.0428. The zero-order chi connectivity index (χ0) is 11.8. The molecule has 0 aromatic carbocycles. The Morgan fingerprint density at radius 2 is 2.29 bits per heavy atom. The molecular weight excluding hydrogens is 220 g/mol. The van der Waals surface area contributed by atoms with Crippen LogP contribution in [0.5, 0.6) is 0 Å². The predicted molar refractivity (Wildman–Crippen MR) is 59.7 cm³/mol. The van der Waals surface area contributed by atoms with Gasteiger partial charge in [0.1, 0.15) is 11.9 Å². The first-order valence-electron chi connectivity index (χ1n) is 5.30. The summed E-state index contributed by atoms with van der Waals surface area (Å²) in [5.74, 6) is -0.349. The lowest BCUT2D eigenvalue weighted by Gasteiger charge is -2.27. The van der Waals surface area contributed by atoms with E-state index >= 15 is 0 Å². The molecule has 2 heterocycles. The molecule has 4 nitrogen and oxygen atoms in total. The standard InChI is InChI=1S/C13H10O4/c14-13(15)10-4-3-9-6-8-2-1-5-16-11(8)7-12(9)17-10/h1,3-7,12H,2H2,(H,14,15). The quantitative estimate of drug-likeness (QED) is 0.748. The normalized spacial score (nSPS) is 25.1. The van der Waals surface area contributed by atoms with Crippen molar-refractivity contribution in [1.29, 1.82) is 0 Å². The van der Waals surface area contributed by atoms with Crippen LogP contribution in [0.15, 0.2) is 59.3 Å². The number of aliphatic carboxylic acids is 1. The van der Waals surface area contributed by atoms with Crippen molar-refractivity contribution in [1.82, 2.24) is 0 Å². The van der Waals surface area contributed by atoms with Crippen LogP contribution in [-0.2, 0) is 14.3 Å². The first kappa shape index (κ1) is 9.96. The van der Waals surface area contributed by atoms with Crippen LogP contribution in [0.25, 0.3) is 0 Å². The van der Waals surface area contributed by atoms with Crippen LogP contribution in [-0.4, -0.2) is 17.2 Å². The summed E-state index contributed by atoms with van der Waals surface area (Å²) in [7, 11) is 0. The molecule has 0 amide bonds. The van der Waals surface area contributed by atoms with Gasteiger partial charge in [0.15, 0.2) is 0 Å². The highest BCUT2D eigenvalue weighted by molar-refractivity contribution is 5.85.